The van der Waals surface area contributed by atoms with E-state index in [1.54, 1.807) is 11.9 Å². The molecule has 1 unspecified atom stereocenters. The highest BCUT2D eigenvalue weighted by Crippen LogP contribution is 2.37. The Morgan fingerprint density at radius 3 is 2.50 bits per heavy atom. The van der Waals surface area contributed by atoms with E-state index in [-0.39, 0.29) is 5.91 Å². The lowest BCUT2D eigenvalue weighted by atomic mass is 9.74. The van der Waals surface area contributed by atoms with Crippen LogP contribution in [-0.4, -0.2) is 36.0 Å². The molecule has 1 aromatic rings. The zero-order chi connectivity index (χ0) is 16.4. The standard InChI is InChI=1S/C18H25NO3/c1-17(2,3)22-16(21)18(11-8-12-19(4)15(18)20)13-14-9-6-5-7-10-14/h5-7,9-10H,8,11-13H2,1-4H3. The first kappa shape index (κ1) is 16.5. The van der Waals surface area contributed by atoms with Crippen LogP contribution in [0.1, 0.15) is 39.2 Å². The van der Waals surface area contributed by atoms with Gasteiger partial charge in [0.05, 0.1) is 0 Å². The molecule has 1 fully saturated rings. The van der Waals surface area contributed by atoms with Gasteiger partial charge in [0.25, 0.3) is 0 Å². The molecule has 1 atom stereocenters. The van der Waals surface area contributed by atoms with E-state index in [1.165, 1.54) is 0 Å². The monoisotopic (exact) mass is 303 g/mol. The normalized spacial score (nSPS) is 22.5. The molecule has 1 amide bonds. The summed E-state index contributed by atoms with van der Waals surface area (Å²) >= 11 is 0. The number of benzene rings is 1. The summed E-state index contributed by atoms with van der Waals surface area (Å²) in [6.45, 7) is 6.19. The molecule has 1 saturated heterocycles. The lowest BCUT2D eigenvalue weighted by molar-refractivity contribution is -0.176. The molecule has 0 aliphatic carbocycles. The number of amides is 1. The van der Waals surface area contributed by atoms with E-state index in [9.17, 15) is 9.59 Å². The van der Waals surface area contributed by atoms with Gasteiger partial charge in [-0.1, -0.05) is 30.3 Å². The Morgan fingerprint density at radius 1 is 1.27 bits per heavy atom. The predicted octanol–water partition coefficient (Wildman–Crippen LogP) is 2.81. The third-order valence-electron chi connectivity index (χ3n) is 3.99. The quantitative estimate of drug-likeness (QED) is 0.637. The van der Waals surface area contributed by atoms with Gasteiger partial charge in [-0.2, -0.15) is 0 Å². The number of ether oxygens (including phenoxy) is 1. The minimum absolute atomic E-state index is 0.128. The van der Waals surface area contributed by atoms with Crippen LogP contribution in [0.4, 0.5) is 0 Å². The Kier molecular flexibility index (Phi) is 4.59. The van der Waals surface area contributed by atoms with Crippen LogP contribution in [0, 0.1) is 5.41 Å². The van der Waals surface area contributed by atoms with Crippen molar-refractivity contribution < 1.29 is 14.3 Å². The van der Waals surface area contributed by atoms with Gasteiger partial charge in [-0.3, -0.25) is 9.59 Å². The maximum atomic E-state index is 12.8. The molecular formula is C18H25NO3. The maximum absolute atomic E-state index is 12.8. The van der Waals surface area contributed by atoms with Crippen LogP contribution in [-0.2, 0) is 20.7 Å². The van der Waals surface area contributed by atoms with Gasteiger partial charge in [-0.25, -0.2) is 0 Å². The Bertz CT molecular complexity index is 547. The van der Waals surface area contributed by atoms with Crippen molar-refractivity contribution in [2.45, 2.75) is 45.6 Å². The van der Waals surface area contributed by atoms with Crippen LogP contribution in [0.5, 0.6) is 0 Å². The molecule has 0 aromatic heterocycles. The zero-order valence-electron chi connectivity index (χ0n) is 13.9. The van der Waals surface area contributed by atoms with Gasteiger partial charge in [0.15, 0.2) is 5.41 Å². The number of hydrogen-bond donors (Lipinski definition) is 0. The zero-order valence-corrected chi connectivity index (χ0v) is 13.9. The smallest absolute Gasteiger partial charge is 0.322 e. The van der Waals surface area contributed by atoms with E-state index in [0.717, 1.165) is 12.0 Å². The lowest BCUT2D eigenvalue weighted by Crippen LogP contribution is -2.54. The van der Waals surface area contributed by atoms with Gasteiger partial charge < -0.3 is 9.64 Å². The van der Waals surface area contributed by atoms with Crippen molar-refractivity contribution in [3.63, 3.8) is 0 Å². The Morgan fingerprint density at radius 2 is 1.91 bits per heavy atom. The van der Waals surface area contributed by atoms with Gasteiger partial charge >= 0.3 is 5.97 Å². The van der Waals surface area contributed by atoms with Gasteiger partial charge in [0.2, 0.25) is 5.91 Å². The fourth-order valence-corrected chi connectivity index (χ4v) is 2.94. The molecule has 0 spiro atoms. The van der Waals surface area contributed by atoms with Crippen molar-refractivity contribution in [3.8, 4) is 0 Å². The molecule has 22 heavy (non-hydrogen) atoms. The minimum atomic E-state index is -1.10. The average Bonchev–Trinajstić information content (AvgIpc) is 2.43. The first-order valence-corrected chi connectivity index (χ1v) is 7.77. The summed E-state index contributed by atoms with van der Waals surface area (Å²) in [5, 5.41) is 0. The average molecular weight is 303 g/mol. The first-order chi connectivity index (χ1) is 10.2. The van der Waals surface area contributed by atoms with Crippen LogP contribution in [0.2, 0.25) is 0 Å². The molecule has 1 heterocycles. The summed E-state index contributed by atoms with van der Waals surface area (Å²) in [6.07, 6.45) is 1.75. The van der Waals surface area contributed by atoms with E-state index in [0.29, 0.717) is 19.4 Å². The molecule has 120 valence electrons. The second kappa shape index (κ2) is 6.11. The number of hydrogen-bond acceptors (Lipinski definition) is 3. The van der Waals surface area contributed by atoms with Gasteiger partial charge in [-0.15, -0.1) is 0 Å². The summed E-state index contributed by atoms with van der Waals surface area (Å²) in [5.74, 6) is -0.530. The fourth-order valence-electron chi connectivity index (χ4n) is 2.94. The fraction of sp³-hybridized carbons (Fsp3) is 0.556. The number of likely N-dealkylation sites (tertiary alicyclic amines) is 1. The van der Waals surface area contributed by atoms with E-state index in [1.807, 2.05) is 51.1 Å². The van der Waals surface area contributed by atoms with Crippen molar-refractivity contribution in [2.24, 2.45) is 5.41 Å². The number of nitrogens with zero attached hydrogens (tertiary/aromatic N) is 1. The van der Waals surface area contributed by atoms with Crippen LogP contribution in [0.25, 0.3) is 0 Å². The summed E-state index contributed by atoms with van der Waals surface area (Å²) in [4.78, 5) is 27.3. The minimum Gasteiger partial charge on any atom is -0.459 e. The molecule has 4 heteroatoms. The van der Waals surface area contributed by atoms with Crippen molar-refractivity contribution >= 4 is 11.9 Å². The molecule has 0 N–H and O–H groups in total. The Labute approximate surface area is 132 Å². The van der Waals surface area contributed by atoms with Crippen molar-refractivity contribution in [1.29, 1.82) is 0 Å². The number of rotatable bonds is 3. The lowest BCUT2D eigenvalue weighted by Gasteiger charge is -2.39. The second-order valence-corrected chi connectivity index (χ2v) is 7.08. The molecule has 4 nitrogen and oxygen atoms in total. The first-order valence-electron chi connectivity index (χ1n) is 7.77. The molecule has 2 rings (SSSR count). The SMILES string of the molecule is CN1CCCC(Cc2ccccc2)(C(=O)OC(C)(C)C)C1=O. The molecular weight excluding hydrogens is 278 g/mol. The van der Waals surface area contributed by atoms with Gasteiger partial charge in [0.1, 0.15) is 5.60 Å². The van der Waals surface area contributed by atoms with E-state index < -0.39 is 17.0 Å². The molecule has 0 radical (unpaired) electrons. The molecule has 1 aromatic carbocycles. The van der Waals surface area contributed by atoms with Gasteiger partial charge in [-0.05, 0) is 45.6 Å². The van der Waals surface area contributed by atoms with Crippen molar-refractivity contribution in [2.75, 3.05) is 13.6 Å². The highest BCUT2D eigenvalue weighted by atomic mass is 16.6. The molecule has 1 aliphatic rings. The molecule has 0 saturated carbocycles. The maximum Gasteiger partial charge on any atom is 0.322 e. The molecule has 1 aliphatic heterocycles. The van der Waals surface area contributed by atoms with E-state index >= 15 is 0 Å². The largest absolute Gasteiger partial charge is 0.459 e. The summed E-state index contributed by atoms with van der Waals surface area (Å²) in [5.41, 5.74) is -0.712. The number of carbonyl (C=O) groups excluding carboxylic acids is 2. The summed E-state index contributed by atoms with van der Waals surface area (Å²) in [6, 6.07) is 9.69. The Hall–Kier alpha value is -1.84. The third-order valence-corrected chi connectivity index (χ3v) is 3.99. The predicted molar refractivity (Wildman–Crippen MR) is 85.3 cm³/mol. The van der Waals surface area contributed by atoms with E-state index in [2.05, 4.69) is 0 Å². The van der Waals surface area contributed by atoms with Gasteiger partial charge in [0, 0.05) is 13.6 Å². The second-order valence-electron chi connectivity index (χ2n) is 7.08. The Balaban J connectivity index is 2.36. The van der Waals surface area contributed by atoms with Crippen LogP contribution >= 0.6 is 0 Å². The molecule has 0 bridgehead atoms. The summed E-state index contributed by atoms with van der Waals surface area (Å²) in [7, 11) is 1.76. The van der Waals surface area contributed by atoms with Crippen LogP contribution < -0.4 is 0 Å². The highest BCUT2D eigenvalue weighted by Gasteiger charge is 2.51. The van der Waals surface area contributed by atoms with Crippen LogP contribution in [0.15, 0.2) is 30.3 Å². The van der Waals surface area contributed by atoms with Crippen molar-refractivity contribution in [3.05, 3.63) is 35.9 Å². The third kappa shape index (κ3) is 3.49. The van der Waals surface area contributed by atoms with Crippen molar-refractivity contribution in [1.82, 2.24) is 4.90 Å². The highest BCUT2D eigenvalue weighted by molar-refractivity contribution is 6.03. The summed E-state index contributed by atoms with van der Waals surface area (Å²) < 4.78 is 5.59. The van der Waals surface area contributed by atoms with E-state index in [4.69, 9.17) is 4.74 Å². The number of esters is 1. The van der Waals surface area contributed by atoms with Crippen LogP contribution in [0.3, 0.4) is 0 Å². The number of carbonyl (C=O) groups is 2. The topological polar surface area (TPSA) is 46.6 Å². The number of piperidine rings is 1.